The zero-order valence-corrected chi connectivity index (χ0v) is 7.52. The van der Waals surface area contributed by atoms with Crippen molar-refractivity contribution in [1.29, 1.82) is 0 Å². The predicted octanol–water partition coefficient (Wildman–Crippen LogP) is 1.48. The molecule has 0 aliphatic carbocycles. The van der Waals surface area contributed by atoms with Crippen molar-refractivity contribution in [2.75, 3.05) is 0 Å². The van der Waals surface area contributed by atoms with Crippen LogP contribution in [0.2, 0.25) is 0 Å². The average Bonchev–Trinajstić information content (AvgIpc) is 2.59. The molecule has 0 unspecified atom stereocenters. The number of fused-ring (bicyclic) bond motifs is 1. The van der Waals surface area contributed by atoms with E-state index in [2.05, 4.69) is 10.1 Å². The Balaban J connectivity index is 2.69. The van der Waals surface area contributed by atoms with Crippen LogP contribution in [0.1, 0.15) is 23.0 Å². The van der Waals surface area contributed by atoms with E-state index in [1.807, 2.05) is 6.92 Å². The number of hydrogen-bond acceptors (Lipinski definition) is 4. The first-order chi connectivity index (χ1) is 6.72. The largest absolute Gasteiger partial charge is 0.476 e. The minimum Gasteiger partial charge on any atom is -0.476 e. The van der Waals surface area contributed by atoms with Crippen LogP contribution in [0.4, 0.5) is 0 Å². The summed E-state index contributed by atoms with van der Waals surface area (Å²) in [7, 11) is 0. The number of hydrogen-bond donors (Lipinski definition) is 1. The van der Waals surface area contributed by atoms with Gasteiger partial charge in [0.05, 0.1) is 5.39 Å². The molecule has 2 rings (SSSR count). The number of rotatable bonds is 2. The molecule has 0 radical (unpaired) electrons. The fourth-order valence-electron chi connectivity index (χ4n) is 1.22. The van der Waals surface area contributed by atoms with Gasteiger partial charge in [0.2, 0.25) is 5.69 Å². The van der Waals surface area contributed by atoms with Crippen molar-refractivity contribution in [2.45, 2.75) is 13.3 Å². The van der Waals surface area contributed by atoms with E-state index in [0.29, 0.717) is 5.39 Å². The second-order valence-electron chi connectivity index (χ2n) is 2.89. The summed E-state index contributed by atoms with van der Waals surface area (Å²) in [5.74, 6) is -1.10. The number of carbonyl (C=O) groups is 1. The molecule has 0 saturated carbocycles. The lowest BCUT2D eigenvalue weighted by Crippen LogP contribution is -1.96. The SMILES string of the molecule is CCc1cnc2onc(C(=O)O)c2c1. The molecule has 0 spiro atoms. The van der Waals surface area contributed by atoms with Gasteiger partial charge in [-0.25, -0.2) is 9.78 Å². The molecule has 0 atom stereocenters. The van der Waals surface area contributed by atoms with Crippen molar-refractivity contribution in [3.05, 3.63) is 23.5 Å². The molecule has 2 aromatic heterocycles. The number of aromatic carboxylic acids is 1. The molecule has 0 amide bonds. The molecule has 14 heavy (non-hydrogen) atoms. The highest BCUT2D eigenvalue weighted by atomic mass is 16.5. The summed E-state index contributed by atoms with van der Waals surface area (Å²) in [6.45, 7) is 1.97. The lowest BCUT2D eigenvalue weighted by atomic mass is 10.2. The van der Waals surface area contributed by atoms with Gasteiger partial charge in [-0.2, -0.15) is 0 Å². The number of carboxylic acids is 1. The van der Waals surface area contributed by atoms with E-state index in [9.17, 15) is 4.79 Å². The van der Waals surface area contributed by atoms with E-state index < -0.39 is 5.97 Å². The topological polar surface area (TPSA) is 76.2 Å². The Hall–Kier alpha value is -1.91. The van der Waals surface area contributed by atoms with Crippen molar-refractivity contribution in [3.8, 4) is 0 Å². The summed E-state index contributed by atoms with van der Waals surface area (Å²) in [6, 6.07) is 1.74. The highest BCUT2D eigenvalue weighted by molar-refractivity contribution is 5.99. The maximum Gasteiger partial charge on any atom is 0.358 e. The van der Waals surface area contributed by atoms with Crippen molar-refractivity contribution in [2.24, 2.45) is 0 Å². The van der Waals surface area contributed by atoms with Gasteiger partial charge in [-0.1, -0.05) is 12.1 Å². The van der Waals surface area contributed by atoms with E-state index in [0.717, 1.165) is 12.0 Å². The monoisotopic (exact) mass is 192 g/mol. The molecule has 0 fully saturated rings. The van der Waals surface area contributed by atoms with Crippen LogP contribution in [-0.2, 0) is 6.42 Å². The van der Waals surface area contributed by atoms with E-state index in [-0.39, 0.29) is 11.4 Å². The van der Waals surface area contributed by atoms with Gasteiger partial charge in [0.1, 0.15) is 0 Å². The van der Waals surface area contributed by atoms with Gasteiger partial charge < -0.3 is 9.63 Å². The van der Waals surface area contributed by atoms with Crippen molar-refractivity contribution < 1.29 is 14.4 Å². The molecule has 5 heteroatoms. The van der Waals surface area contributed by atoms with Gasteiger partial charge in [-0.3, -0.25) is 0 Å². The molecule has 0 aliphatic rings. The zero-order valence-electron chi connectivity index (χ0n) is 7.52. The van der Waals surface area contributed by atoms with Crippen molar-refractivity contribution in [3.63, 3.8) is 0 Å². The van der Waals surface area contributed by atoms with Crippen LogP contribution in [0, 0.1) is 0 Å². The third-order valence-electron chi connectivity index (χ3n) is 2.00. The smallest absolute Gasteiger partial charge is 0.358 e. The van der Waals surface area contributed by atoms with Crippen LogP contribution < -0.4 is 0 Å². The Labute approximate surface area is 79.3 Å². The summed E-state index contributed by atoms with van der Waals surface area (Å²) in [5, 5.41) is 12.7. The summed E-state index contributed by atoms with van der Waals surface area (Å²) < 4.78 is 4.77. The normalized spacial score (nSPS) is 10.6. The fraction of sp³-hybridized carbons (Fsp3) is 0.222. The van der Waals surface area contributed by atoms with Crippen molar-refractivity contribution >= 4 is 17.1 Å². The van der Waals surface area contributed by atoms with Gasteiger partial charge >= 0.3 is 5.97 Å². The molecule has 2 aromatic rings. The van der Waals surface area contributed by atoms with Crippen LogP contribution in [0.25, 0.3) is 11.1 Å². The Morgan fingerprint density at radius 3 is 3.07 bits per heavy atom. The Morgan fingerprint density at radius 2 is 2.43 bits per heavy atom. The molecule has 0 aromatic carbocycles. The molecule has 72 valence electrons. The average molecular weight is 192 g/mol. The number of aromatic nitrogens is 2. The predicted molar refractivity (Wildman–Crippen MR) is 48.1 cm³/mol. The van der Waals surface area contributed by atoms with Crippen LogP contribution in [0.3, 0.4) is 0 Å². The van der Waals surface area contributed by atoms with Gasteiger partial charge in [-0.15, -0.1) is 0 Å². The second kappa shape index (κ2) is 3.10. The first-order valence-corrected chi connectivity index (χ1v) is 4.20. The van der Waals surface area contributed by atoms with Crippen LogP contribution in [0.15, 0.2) is 16.8 Å². The highest BCUT2D eigenvalue weighted by Gasteiger charge is 2.15. The first-order valence-electron chi connectivity index (χ1n) is 4.20. The van der Waals surface area contributed by atoms with Crippen LogP contribution >= 0.6 is 0 Å². The Morgan fingerprint density at radius 1 is 1.64 bits per heavy atom. The Bertz CT molecular complexity index is 490. The van der Waals surface area contributed by atoms with E-state index in [1.165, 1.54) is 0 Å². The Kier molecular flexibility index (Phi) is 1.92. The fourth-order valence-corrected chi connectivity index (χ4v) is 1.22. The van der Waals surface area contributed by atoms with Crippen LogP contribution in [-0.4, -0.2) is 21.2 Å². The maximum absolute atomic E-state index is 10.7. The lowest BCUT2D eigenvalue weighted by molar-refractivity contribution is 0.0688. The van der Waals surface area contributed by atoms with Crippen molar-refractivity contribution in [1.82, 2.24) is 10.1 Å². The number of aryl methyl sites for hydroxylation is 1. The maximum atomic E-state index is 10.7. The van der Waals surface area contributed by atoms with Gasteiger partial charge in [0.25, 0.3) is 5.71 Å². The molecular weight excluding hydrogens is 184 g/mol. The summed E-state index contributed by atoms with van der Waals surface area (Å²) in [5.41, 5.74) is 1.14. The molecule has 0 bridgehead atoms. The minimum absolute atomic E-state index is 0.0807. The lowest BCUT2D eigenvalue weighted by Gasteiger charge is -1.93. The molecule has 1 N–H and O–H groups in total. The second-order valence-corrected chi connectivity index (χ2v) is 2.89. The quantitative estimate of drug-likeness (QED) is 0.779. The van der Waals surface area contributed by atoms with E-state index >= 15 is 0 Å². The van der Waals surface area contributed by atoms with Crippen LogP contribution in [0.5, 0.6) is 0 Å². The minimum atomic E-state index is -1.10. The highest BCUT2D eigenvalue weighted by Crippen LogP contribution is 2.17. The third-order valence-corrected chi connectivity index (χ3v) is 2.00. The summed E-state index contributed by atoms with van der Waals surface area (Å²) in [6.07, 6.45) is 2.45. The molecule has 2 heterocycles. The standard InChI is InChI=1S/C9H8N2O3/c1-2-5-3-6-7(9(12)13)11-14-8(6)10-4-5/h3-4H,2H2,1H3,(H,12,13). The summed E-state index contributed by atoms with van der Waals surface area (Å²) >= 11 is 0. The molecular formula is C9H8N2O3. The summed E-state index contributed by atoms with van der Waals surface area (Å²) in [4.78, 5) is 14.7. The van der Waals surface area contributed by atoms with E-state index in [4.69, 9.17) is 9.63 Å². The first kappa shape index (κ1) is 8.68. The number of pyridine rings is 1. The zero-order chi connectivity index (χ0) is 10.1. The number of carboxylic acid groups (broad SMARTS) is 1. The van der Waals surface area contributed by atoms with E-state index in [1.54, 1.807) is 12.3 Å². The molecule has 0 saturated heterocycles. The van der Waals surface area contributed by atoms with Gasteiger partial charge in [-0.05, 0) is 18.1 Å². The molecule has 0 aliphatic heterocycles. The number of nitrogens with zero attached hydrogens (tertiary/aromatic N) is 2. The van der Waals surface area contributed by atoms with Gasteiger partial charge in [0.15, 0.2) is 0 Å². The third kappa shape index (κ3) is 1.22. The molecule has 5 nitrogen and oxygen atoms in total. The van der Waals surface area contributed by atoms with Gasteiger partial charge in [0, 0.05) is 6.20 Å².